The summed E-state index contributed by atoms with van der Waals surface area (Å²) in [5, 5.41) is 0. The lowest BCUT2D eigenvalue weighted by Gasteiger charge is -2.22. The molecule has 2 N–H and O–H groups in total. The molecule has 1 rings (SSSR count). The van der Waals surface area contributed by atoms with E-state index in [0.29, 0.717) is 12.5 Å². The van der Waals surface area contributed by atoms with Gasteiger partial charge in [0, 0.05) is 24.9 Å². The molecule has 102 valence electrons. The largest absolute Gasteiger partial charge is 0.459 e. The van der Waals surface area contributed by atoms with Gasteiger partial charge in [0.1, 0.15) is 17.5 Å². The summed E-state index contributed by atoms with van der Waals surface area (Å²) in [6.45, 7) is 9.98. The maximum absolute atomic E-state index is 11.8. The van der Waals surface area contributed by atoms with Crippen molar-refractivity contribution in [1.29, 1.82) is 0 Å². The highest BCUT2D eigenvalue weighted by atomic mass is 16.6. The molecule has 1 aromatic heterocycles. The highest BCUT2D eigenvalue weighted by Gasteiger charge is 2.23. The first-order chi connectivity index (χ1) is 8.20. The predicted molar refractivity (Wildman–Crippen MR) is 70.1 cm³/mol. The lowest BCUT2D eigenvalue weighted by molar-refractivity contribution is -0.156. The molecule has 0 fully saturated rings. The van der Waals surface area contributed by atoms with Crippen molar-refractivity contribution < 1.29 is 9.53 Å². The fourth-order valence-electron chi connectivity index (χ4n) is 1.64. The lowest BCUT2D eigenvalue weighted by Crippen LogP contribution is -2.40. The van der Waals surface area contributed by atoms with Gasteiger partial charge in [0.05, 0.1) is 0 Å². The number of nitrogens with two attached hydrogens (primary N) is 1. The van der Waals surface area contributed by atoms with Crippen molar-refractivity contribution in [2.45, 2.75) is 58.7 Å². The Hall–Kier alpha value is -1.36. The zero-order chi connectivity index (χ0) is 13.9. The molecule has 1 heterocycles. The molecule has 0 bridgehead atoms. The SMILES string of the molecule is CC(C)c1nccn1CC(N)C(=O)OC(C)(C)C. The molecule has 5 nitrogen and oxygen atoms in total. The number of carbonyl (C=O) groups excluding carboxylic acids is 1. The normalized spacial score (nSPS) is 13.7. The Bertz CT molecular complexity index is 405. The van der Waals surface area contributed by atoms with Crippen molar-refractivity contribution in [3.8, 4) is 0 Å². The number of imidazole rings is 1. The minimum atomic E-state index is -0.670. The summed E-state index contributed by atoms with van der Waals surface area (Å²) in [4.78, 5) is 16.0. The van der Waals surface area contributed by atoms with Crippen LogP contribution in [0.4, 0.5) is 0 Å². The Morgan fingerprint density at radius 3 is 2.61 bits per heavy atom. The first-order valence-electron chi connectivity index (χ1n) is 6.20. The molecule has 1 atom stereocenters. The molecule has 5 heteroatoms. The van der Waals surface area contributed by atoms with Crippen molar-refractivity contribution in [3.05, 3.63) is 18.2 Å². The smallest absolute Gasteiger partial charge is 0.325 e. The zero-order valence-corrected chi connectivity index (χ0v) is 11.8. The second kappa shape index (κ2) is 5.52. The van der Waals surface area contributed by atoms with E-state index in [1.165, 1.54) is 0 Å². The van der Waals surface area contributed by atoms with E-state index in [1.54, 1.807) is 6.20 Å². The van der Waals surface area contributed by atoms with Gasteiger partial charge in [-0.2, -0.15) is 0 Å². The van der Waals surface area contributed by atoms with E-state index in [-0.39, 0.29) is 5.97 Å². The van der Waals surface area contributed by atoms with Crippen molar-refractivity contribution in [2.24, 2.45) is 5.73 Å². The van der Waals surface area contributed by atoms with Gasteiger partial charge in [-0.05, 0) is 20.8 Å². The molecule has 0 saturated carbocycles. The second-order valence-electron chi connectivity index (χ2n) is 5.73. The number of rotatable bonds is 4. The van der Waals surface area contributed by atoms with Crippen LogP contribution in [0.5, 0.6) is 0 Å². The van der Waals surface area contributed by atoms with Gasteiger partial charge in [0.15, 0.2) is 0 Å². The van der Waals surface area contributed by atoms with E-state index in [0.717, 1.165) is 5.82 Å². The maximum atomic E-state index is 11.8. The van der Waals surface area contributed by atoms with Gasteiger partial charge in [0.2, 0.25) is 0 Å². The van der Waals surface area contributed by atoms with E-state index >= 15 is 0 Å². The summed E-state index contributed by atoms with van der Waals surface area (Å²) >= 11 is 0. The summed E-state index contributed by atoms with van der Waals surface area (Å²) in [7, 11) is 0. The first kappa shape index (κ1) is 14.7. The number of hydrogen-bond acceptors (Lipinski definition) is 4. The number of nitrogens with zero attached hydrogens (tertiary/aromatic N) is 2. The summed E-state index contributed by atoms with van der Waals surface area (Å²) < 4.78 is 7.15. The third kappa shape index (κ3) is 4.14. The average molecular weight is 253 g/mol. The Morgan fingerprint density at radius 1 is 1.50 bits per heavy atom. The Kier molecular flexibility index (Phi) is 4.51. The molecule has 0 spiro atoms. The minimum Gasteiger partial charge on any atom is -0.459 e. The van der Waals surface area contributed by atoms with Crippen LogP contribution in [0.2, 0.25) is 0 Å². The molecule has 0 aliphatic heterocycles. The van der Waals surface area contributed by atoms with Crippen LogP contribution in [-0.4, -0.2) is 27.2 Å². The van der Waals surface area contributed by atoms with Crippen LogP contribution in [0, 0.1) is 0 Å². The monoisotopic (exact) mass is 253 g/mol. The van der Waals surface area contributed by atoms with Crippen LogP contribution in [0.25, 0.3) is 0 Å². The molecule has 0 amide bonds. The van der Waals surface area contributed by atoms with E-state index in [2.05, 4.69) is 18.8 Å². The summed E-state index contributed by atoms with van der Waals surface area (Å²) in [6, 6.07) is -0.670. The number of hydrogen-bond donors (Lipinski definition) is 1. The maximum Gasteiger partial charge on any atom is 0.325 e. The third-order valence-corrected chi connectivity index (χ3v) is 2.37. The molecule has 18 heavy (non-hydrogen) atoms. The standard InChI is InChI=1S/C13H23N3O2/c1-9(2)11-15-6-7-16(11)8-10(14)12(17)18-13(3,4)5/h6-7,9-10H,8,14H2,1-5H3. The third-order valence-electron chi connectivity index (χ3n) is 2.37. The van der Waals surface area contributed by atoms with E-state index in [9.17, 15) is 4.79 Å². The van der Waals surface area contributed by atoms with Crippen molar-refractivity contribution in [1.82, 2.24) is 9.55 Å². The Balaban J connectivity index is 2.67. The summed E-state index contributed by atoms with van der Waals surface area (Å²) in [5.74, 6) is 0.839. The number of carbonyl (C=O) groups is 1. The van der Waals surface area contributed by atoms with Crippen LogP contribution in [-0.2, 0) is 16.1 Å². The Labute approximate surface area is 108 Å². The van der Waals surface area contributed by atoms with Gasteiger partial charge in [-0.15, -0.1) is 0 Å². The lowest BCUT2D eigenvalue weighted by atomic mass is 10.2. The highest BCUT2D eigenvalue weighted by molar-refractivity contribution is 5.75. The van der Waals surface area contributed by atoms with Crippen LogP contribution >= 0.6 is 0 Å². The number of esters is 1. The van der Waals surface area contributed by atoms with Crippen molar-refractivity contribution >= 4 is 5.97 Å². The second-order valence-corrected chi connectivity index (χ2v) is 5.73. The van der Waals surface area contributed by atoms with Crippen LogP contribution in [0.3, 0.4) is 0 Å². The predicted octanol–water partition coefficient (Wildman–Crippen LogP) is 1.68. The minimum absolute atomic E-state index is 0.297. The quantitative estimate of drug-likeness (QED) is 0.829. The van der Waals surface area contributed by atoms with Gasteiger partial charge in [-0.1, -0.05) is 13.8 Å². The van der Waals surface area contributed by atoms with Gasteiger partial charge >= 0.3 is 5.97 Å². The van der Waals surface area contributed by atoms with Crippen molar-refractivity contribution in [3.63, 3.8) is 0 Å². The van der Waals surface area contributed by atoms with E-state index < -0.39 is 11.6 Å². The highest BCUT2D eigenvalue weighted by Crippen LogP contribution is 2.13. The average Bonchev–Trinajstić information content (AvgIpc) is 2.62. The topological polar surface area (TPSA) is 70.1 Å². The first-order valence-corrected chi connectivity index (χ1v) is 6.20. The van der Waals surface area contributed by atoms with Crippen LogP contribution in [0.1, 0.15) is 46.4 Å². The molecule has 0 aliphatic rings. The van der Waals surface area contributed by atoms with Gasteiger partial charge < -0.3 is 15.0 Å². The molecule has 0 saturated heterocycles. The fourth-order valence-corrected chi connectivity index (χ4v) is 1.64. The zero-order valence-electron chi connectivity index (χ0n) is 11.8. The van der Waals surface area contributed by atoms with E-state index in [1.807, 2.05) is 31.5 Å². The summed E-state index contributed by atoms with van der Waals surface area (Å²) in [6.07, 6.45) is 3.55. The van der Waals surface area contributed by atoms with Gasteiger partial charge in [-0.25, -0.2) is 4.98 Å². The number of aromatic nitrogens is 2. The van der Waals surface area contributed by atoms with Gasteiger partial charge in [-0.3, -0.25) is 4.79 Å². The van der Waals surface area contributed by atoms with E-state index in [4.69, 9.17) is 10.5 Å². The van der Waals surface area contributed by atoms with Crippen LogP contribution in [0.15, 0.2) is 12.4 Å². The molecule has 1 aromatic rings. The fraction of sp³-hybridized carbons (Fsp3) is 0.692. The molecule has 0 radical (unpaired) electrons. The summed E-state index contributed by atoms with van der Waals surface area (Å²) in [5.41, 5.74) is 5.35. The molecule has 0 aliphatic carbocycles. The molecule has 1 unspecified atom stereocenters. The Morgan fingerprint density at radius 2 is 2.11 bits per heavy atom. The molecule has 0 aromatic carbocycles. The molecular formula is C13H23N3O2. The molecular weight excluding hydrogens is 230 g/mol. The van der Waals surface area contributed by atoms with Crippen LogP contribution < -0.4 is 5.73 Å². The van der Waals surface area contributed by atoms with Crippen molar-refractivity contribution in [2.75, 3.05) is 0 Å². The van der Waals surface area contributed by atoms with Gasteiger partial charge in [0.25, 0.3) is 0 Å². The number of ether oxygens (including phenoxy) is 1.